The van der Waals surface area contributed by atoms with Gasteiger partial charge in [0.2, 0.25) is 5.13 Å². The van der Waals surface area contributed by atoms with E-state index in [9.17, 15) is 4.79 Å². The van der Waals surface area contributed by atoms with E-state index in [4.69, 9.17) is 4.74 Å². The summed E-state index contributed by atoms with van der Waals surface area (Å²) < 4.78 is 5.88. The van der Waals surface area contributed by atoms with Crippen LogP contribution in [-0.4, -0.2) is 58.0 Å². The van der Waals surface area contributed by atoms with Crippen LogP contribution in [0.4, 0.5) is 9.93 Å². The molecular weight excluding hydrogens is 326 g/mol. The van der Waals surface area contributed by atoms with Gasteiger partial charge in [0, 0.05) is 30.4 Å². The standard InChI is InChI=1S/C16H17N5O2S/c22-15-21(10-16(23-15)9-20-6-3-12(16)4-7-20)14-19-18-13(24-14)11-2-1-5-17-8-11/h1-2,5,8,12H,3-4,6-7,9-10H2/t16-/m1/s1. The number of rotatable bonds is 2. The molecule has 2 aromatic rings. The average molecular weight is 343 g/mol. The minimum atomic E-state index is -0.367. The fourth-order valence-electron chi connectivity index (χ4n) is 4.09. The van der Waals surface area contributed by atoms with Gasteiger partial charge in [-0.2, -0.15) is 0 Å². The molecule has 4 fully saturated rings. The van der Waals surface area contributed by atoms with Crippen molar-refractivity contribution in [1.82, 2.24) is 20.1 Å². The maximum Gasteiger partial charge on any atom is 0.416 e. The van der Waals surface area contributed by atoms with Gasteiger partial charge in [0.15, 0.2) is 5.01 Å². The molecule has 0 N–H and O–H groups in total. The minimum Gasteiger partial charge on any atom is -0.439 e. The lowest BCUT2D eigenvalue weighted by molar-refractivity contribution is -0.0881. The summed E-state index contributed by atoms with van der Waals surface area (Å²) in [6, 6.07) is 3.80. The smallest absolute Gasteiger partial charge is 0.416 e. The molecule has 0 saturated carbocycles. The number of pyridine rings is 1. The number of hydrogen-bond acceptors (Lipinski definition) is 7. The van der Waals surface area contributed by atoms with Crippen molar-refractivity contribution in [3.8, 4) is 10.6 Å². The summed E-state index contributed by atoms with van der Waals surface area (Å²) in [5, 5.41) is 9.80. The highest BCUT2D eigenvalue weighted by atomic mass is 32.1. The zero-order chi connectivity index (χ0) is 16.1. The van der Waals surface area contributed by atoms with Gasteiger partial charge in [-0.25, -0.2) is 9.69 Å². The Bertz CT molecular complexity index is 774. The summed E-state index contributed by atoms with van der Waals surface area (Å²) in [6.07, 6.45) is 5.40. The molecule has 4 saturated heterocycles. The van der Waals surface area contributed by atoms with E-state index in [1.54, 1.807) is 17.3 Å². The van der Waals surface area contributed by atoms with Crippen LogP contribution in [0.1, 0.15) is 12.8 Å². The Morgan fingerprint density at radius 1 is 1.25 bits per heavy atom. The van der Waals surface area contributed by atoms with Crippen LogP contribution in [0.15, 0.2) is 24.5 Å². The highest BCUT2D eigenvalue weighted by Crippen LogP contribution is 2.44. The van der Waals surface area contributed by atoms with E-state index < -0.39 is 0 Å². The average Bonchev–Trinajstić information content (AvgIpc) is 3.22. The maximum atomic E-state index is 12.5. The van der Waals surface area contributed by atoms with Crippen LogP contribution in [0.5, 0.6) is 0 Å². The summed E-state index contributed by atoms with van der Waals surface area (Å²) in [6.45, 7) is 3.66. The number of carbonyl (C=O) groups is 1. The Morgan fingerprint density at radius 3 is 2.83 bits per heavy atom. The van der Waals surface area contributed by atoms with Gasteiger partial charge in [0.25, 0.3) is 0 Å². The third-order valence-electron chi connectivity index (χ3n) is 5.31. The zero-order valence-electron chi connectivity index (χ0n) is 13.1. The van der Waals surface area contributed by atoms with Gasteiger partial charge in [0.1, 0.15) is 5.60 Å². The number of ether oxygens (including phenoxy) is 1. The minimum absolute atomic E-state index is 0.294. The van der Waals surface area contributed by atoms with Gasteiger partial charge < -0.3 is 4.74 Å². The van der Waals surface area contributed by atoms with Crippen molar-refractivity contribution in [1.29, 1.82) is 0 Å². The molecule has 124 valence electrons. The summed E-state index contributed by atoms with van der Waals surface area (Å²) >= 11 is 1.40. The molecule has 4 aliphatic heterocycles. The summed E-state index contributed by atoms with van der Waals surface area (Å²) in [4.78, 5) is 20.6. The van der Waals surface area contributed by atoms with Gasteiger partial charge in [-0.1, -0.05) is 11.3 Å². The maximum absolute atomic E-state index is 12.5. The fourth-order valence-corrected chi connectivity index (χ4v) is 4.91. The van der Waals surface area contributed by atoms with E-state index in [1.807, 2.05) is 12.1 Å². The fraction of sp³-hybridized carbons (Fsp3) is 0.500. The molecule has 8 heteroatoms. The van der Waals surface area contributed by atoms with Crippen molar-refractivity contribution < 1.29 is 9.53 Å². The molecule has 2 bridgehead atoms. The molecule has 7 nitrogen and oxygen atoms in total. The predicted molar refractivity (Wildman–Crippen MR) is 88.9 cm³/mol. The molecule has 4 aliphatic rings. The molecule has 6 rings (SSSR count). The van der Waals surface area contributed by atoms with Crippen LogP contribution in [0.3, 0.4) is 0 Å². The number of nitrogens with zero attached hydrogens (tertiary/aromatic N) is 5. The predicted octanol–water partition coefficient (Wildman–Crippen LogP) is 2.02. The first kappa shape index (κ1) is 14.3. The number of carbonyl (C=O) groups excluding carboxylic acids is 1. The van der Waals surface area contributed by atoms with Crippen LogP contribution >= 0.6 is 11.3 Å². The summed E-state index contributed by atoms with van der Waals surface area (Å²) in [5.74, 6) is 0.460. The van der Waals surface area contributed by atoms with E-state index in [2.05, 4.69) is 20.1 Å². The molecule has 1 atom stereocenters. The monoisotopic (exact) mass is 343 g/mol. The summed E-state index contributed by atoms with van der Waals surface area (Å²) in [7, 11) is 0. The van der Waals surface area contributed by atoms with Crippen molar-refractivity contribution >= 4 is 22.6 Å². The normalized spacial score (nSPS) is 31.7. The van der Waals surface area contributed by atoms with Crippen molar-refractivity contribution in [2.75, 3.05) is 31.1 Å². The lowest BCUT2D eigenvalue weighted by Crippen LogP contribution is -2.61. The van der Waals surface area contributed by atoms with Crippen molar-refractivity contribution in [3.63, 3.8) is 0 Å². The molecule has 6 heterocycles. The second-order valence-electron chi connectivity index (χ2n) is 6.70. The molecule has 0 unspecified atom stereocenters. The van der Waals surface area contributed by atoms with Crippen LogP contribution in [0, 0.1) is 5.92 Å². The van der Waals surface area contributed by atoms with Gasteiger partial charge in [-0.3, -0.25) is 9.88 Å². The first-order chi connectivity index (χ1) is 11.7. The quantitative estimate of drug-likeness (QED) is 0.831. The third kappa shape index (κ3) is 2.13. The Balaban J connectivity index is 1.42. The number of aromatic nitrogens is 3. The Labute approximate surface area is 143 Å². The number of piperidine rings is 3. The van der Waals surface area contributed by atoms with Crippen LogP contribution in [0.25, 0.3) is 10.6 Å². The molecular formula is C16H17N5O2S. The topological polar surface area (TPSA) is 71.5 Å². The first-order valence-corrected chi connectivity index (χ1v) is 9.02. The van der Waals surface area contributed by atoms with Crippen molar-refractivity contribution in [3.05, 3.63) is 24.5 Å². The molecule has 1 amide bonds. The van der Waals surface area contributed by atoms with Crippen LogP contribution in [-0.2, 0) is 4.74 Å². The van der Waals surface area contributed by atoms with Gasteiger partial charge in [0.05, 0.1) is 6.54 Å². The van der Waals surface area contributed by atoms with Crippen LogP contribution in [0.2, 0.25) is 0 Å². The van der Waals surface area contributed by atoms with E-state index in [1.165, 1.54) is 11.3 Å². The van der Waals surface area contributed by atoms with E-state index in [0.29, 0.717) is 17.6 Å². The number of anilines is 1. The molecule has 0 aliphatic carbocycles. The SMILES string of the molecule is O=C1O[C@]2(CN3CCC2CC3)CN1c1nnc(-c2cccnc2)s1. The second kappa shape index (κ2) is 5.22. The van der Waals surface area contributed by atoms with E-state index in [-0.39, 0.29) is 11.7 Å². The second-order valence-corrected chi connectivity index (χ2v) is 7.66. The molecule has 0 aromatic carbocycles. The molecule has 24 heavy (non-hydrogen) atoms. The Hall–Kier alpha value is -2.06. The van der Waals surface area contributed by atoms with Gasteiger partial charge >= 0.3 is 6.09 Å². The number of amides is 1. The first-order valence-electron chi connectivity index (χ1n) is 8.20. The van der Waals surface area contributed by atoms with E-state index >= 15 is 0 Å². The molecule has 0 radical (unpaired) electrons. The molecule has 2 aromatic heterocycles. The zero-order valence-corrected chi connectivity index (χ0v) is 13.9. The number of fused-ring (bicyclic) bond motifs is 2. The Kier molecular flexibility index (Phi) is 3.11. The largest absolute Gasteiger partial charge is 0.439 e. The highest BCUT2D eigenvalue weighted by molar-refractivity contribution is 7.18. The highest BCUT2D eigenvalue weighted by Gasteiger charge is 2.56. The van der Waals surface area contributed by atoms with Crippen molar-refractivity contribution in [2.24, 2.45) is 5.92 Å². The van der Waals surface area contributed by atoms with Crippen LogP contribution < -0.4 is 4.90 Å². The number of hydrogen-bond donors (Lipinski definition) is 0. The lowest BCUT2D eigenvalue weighted by atomic mass is 9.75. The Morgan fingerprint density at radius 2 is 2.12 bits per heavy atom. The van der Waals surface area contributed by atoms with E-state index in [0.717, 1.165) is 43.0 Å². The van der Waals surface area contributed by atoms with Crippen molar-refractivity contribution in [2.45, 2.75) is 18.4 Å². The van der Waals surface area contributed by atoms with Gasteiger partial charge in [-0.15, -0.1) is 10.2 Å². The molecule has 1 spiro atoms. The third-order valence-corrected chi connectivity index (χ3v) is 6.31. The summed E-state index contributed by atoms with van der Waals surface area (Å²) in [5.41, 5.74) is 0.541. The lowest BCUT2D eigenvalue weighted by Gasteiger charge is -2.49. The van der Waals surface area contributed by atoms with Gasteiger partial charge in [-0.05, 0) is 38.1 Å².